The van der Waals surface area contributed by atoms with Gasteiger partial charge >= 0.3 is 0 Å². The van der Waals surface area contributed by atoms with E-state index in [0.29, 0.717) is 25.7 Å². The number of hydrogen-bond donors (Lipinski definition) is 2. The predicted molar refractivity (Wildman–Crippen MR) is 80.7 cm³/mol. The van der Waals surface area contributed by atoms with Crippen molar-refractivity contribution in [3.8, 4) is 5.75 Å². The van der Waals surface area contributed by atoms with E-state index in [1.54, 1.807) is 0 Å². The summed E-state index contributed by atoms with van der Waals surface area (Å²) in [6.45, 7) is 4.83. The van der Waals surface area contributed by atoms with Crippen molar-refractivity contribution < 1.29 is 9.84 Å². The minimum Gasteiger partial charge on any atom is -0.491 e. The normalized spacial score (nSPS) is 16.4. The Morgan fingerprint density at radius 3 is 2.60 bits per heavy atom. The van der Waals surface area contributed by atoms with E-state index in [2.05, 4.69) is 11.8 Å². The van der Waals surface area contributed by atoms with Crippen LogP contribution in [-0.4, -0.2) is 41.8 Å². The zero-order valence-corrected chi connectivity index (χ0v) is 12.3. The fourth-order valence-electron chi connectivity index (χ4n) is 2.39. The average Bonchev–Trinajstić information content (AvgIpc) is 3.30. The van der Waals surface area contributed by atoms with Gasteiger partial charge in [0.05, 0.1) is 0 Å². The Kier molecular flexibility index (Phi) is 5.83. The number of hydrogen-bond acceptors (Lipinski definition) is 4. The standard InChI is InChI=1S/C16H26N2O2/c1-2-9-18(14-5-6-14)11-15(19)12-20-16-7-3-13(10-17)4-8-16/h3-4,7-8,14-15,19H,2,5-6,9-12,17H2,1H3. The Morgan fingerprint density at radius 2 is 2.05 bits per heavy atom. The van der Waals surface area contributed by atoms with Gasteiger partial charge in [-0.15, -0.1) is 0 Å². The Labute approximate surface area is 121 Å². The number of nitrogens with two attached hydrogens (primary N) is 1. The van der Waals surface area contributed by atoms with Crippen molar-refractivity contribution in [3.63, 3.8) is 0 Å². The number of ether oxygens (including phenoxy) is 1. The van der Waals surface area contributed by atoms with E-state index < -0.39 is 6.10 Å². The van der Waals surface area contributed by atoms with Gasteiger partial charge < -0.3 is 15.6 Å². The zero-order valence-electron chi connectivity index (χ0n) is 12.3. The molecule has 1 aliphatic carbocycles. The topological polar surface area (TPSA) is 58.7 Å². The summed E-state index contributed by atoms with van der Waals surface area (Å²) in [5.41, 5.74) is 6.64. The molecule has 0 aromatic heterocycles. The molecule has 0 aliphatic heterocycles. The van der Waals surface area contributed by atoms with Crippen LogP contribution in [-0.2, 0) is 6.54 Å². The molecule has 1 unspecified atom stereocenters. The second kappa shape index (κ2) is 7.62. The highest BCUT2D eigenvalue weighted by Crippen LogP contribution is 2.27. The molecule has 4 nitrogen and oxygen atoms in total. The first kappa shape index (κ1) is 15.3. The molecular formula is C16H26N2O2. The summed E-state index contributed by atoms with van der Waals surface area (Å²) in [7, 11) is 0. The largest absolute Gasteiger partial charge is 0.491 e. The monoisotopic (exact) mass is 278 g/mol. The maximum Gasteiger partial charge on any atom is 0.119 e. The highest BCUT2D eigenvalue weighted by molar-refractivity contribution is 5.27. The molecule has 0 amide bonds. The second-order valence-electron chi connectivity index (χ2n) is 5.54. The van der Waals surface area contributed by atoms with E-state index in [9.17, 15) is 5.11 Å². The molecule has 1 atom stereocenters. The van der Waals surface area contributed by atoms with Crippen LogP contribution in [0.4, 0.5) is 0 Å². The van der Waals surface area contributed by atoms with Gasteiger partial charge in [0.1, 0.15) is 18.5 Å². The van der Waals surface area contributed by atoms with Crippen molar-refractivity contribution in [1.82, 2.24) is 4.90 Å². The quantitative estimate of drug-likeness (QED) is 0.722. The van der Waals surface area contributed by atoms with Gasteiger partial charge in [0.25, 0.3) is 0 Å². The van der Waals surface area contributed by atoms with Crippen LogP contribution in [0.2, 0.25) is 0 Å². The fraction of sp³-hybridized carbons (Fsp3) is 0.625. The predicted octanol–water partition coefficient (Wildman–Crippen LogP) is 1.76. The number of aliphatic hydroxyl groups is 1. The Bertz CT molecular complexity index is 390. The van der Waals surface area contributed by atoms with Crippen LogP contribution in [0.15, 0.2) is 24.3 Å². The van der Waals surface area contributed by atoms with Crippen LogP contribution in [0.1, 0.15) is 31.7 Å². The maximum absolute atomic E-state index is 10.1. The molecule has 0 heterocycles. The lowest BCUT2D eigenvalue weighted by atomic mass is 10.2. The van der Waals surface area contributed by atoms with Gasteiger partial charge in [-0.05, 0) is 43.5 Å². The summed E-state index contributed by atoms with van der Waals surface area (Å²) in [5.74, 6) is 0.787. The number of aliphatic hydroxyl groups excluding tert-OH is 1. The van der Waals surface area contributed by atoms with Gasteiger partial charge in [0.2, 0.25) is 0 Å². The van der Waals surface area contributed by atoms with Crippen molar-refractivity contribution in [1.29, 1.82) is 0 Å². The third-order valence-corrected chi connectivity index (χ3v) is 3.62. The van der Waals surface area contributed by atoms with Gasteiger partial charge in [0.15, 0.2) is 0 Å². The second-order valence-corrected chi connectivity index (χ2v) is 5.54. The number of benzene rings is 1. The molecule has 3 N–H and O–H groups in total. The van der Waals surface area contributed by atoms with Crippen molar-refractivity contribution in [2.75, 3.05) is 19.7 Å². The molecule has 1 fully saturated rings. The molecule has 1 aromatic rings. The van der Waals surface area contributed by atoms with E-state index >= 15 is 0 Å². The number of rotatable bonds is 9. The van der Waals surface area contributed by atoms with Gasteiger partial charge in [-0.25, -0.2) is 0 Å². The van der Waals surface area contributed by atoms with E-state index in [4.69, 9.17) is 10.5 Å². The first-order valence-corrected chi connectivity index (χ1v) is 7.56. The average molecular weight is 278 g/mol. The van der Waals surface area contributed by atoms with Crippen LogP contribution in [0.5, 0.6) is 5.75 Å². The van der Waals surface area contributed by atoms with Gasteiger partial charge in [-0.2, -0.15) is 0 Å². The molecule has 112 valence electrons. The lowest BCUT2D eigenvalue weighted by molar-refractivity contribution is 0.0654. The van der Waals surface area contributed by atoms with E-state index in [1.165, 1.54) is 12.8 Å². The Hall–Kier alpha value is -1.10. The number of nitrogens with zero attached hydrogens (tertiary/aromatic N) is 1. The lowest BCUT2D eigenvalue weighted by Crippen LogP contribution is -2.37. The summed E-state index contributed by atoms with van der Waals surface area (Å²) in [5, 5.41) is 10.1. The molecule has 1 aromatic carbocycles. The van der Waals surface area contributed by atoms with Crippen molar-refractivity contribution >= 4 is 0 Å². The van der Waals surface area contributed by atoms with Gasteiger partial charge in [-0.3, -0.25) is 4.90 Å². The molecule has 20 heavy (non-hydrogen) atoms. The highest BCUT2D eigenvalue weighted by atomic mass is 16.5. The summed E-state index contributed by atoms with van der Waals surface area (Å²) in [6.07, 6.45) is 3.24. The van der Waals surface area contributed by atoms with E-state index in [-0.39, 0.29) is 0 Å². The summed E-state index contributed by atoms with van der Waals surface area (Å²) in [4.78, 5) is 2.38. The van der Waals surface area contributed by atoms with Crippen LogP contribution in [0.3, 0.4) is 0 Å². The smallest absolute Gasteiger partial charge is 0.119 e. The molecule has 1 saturated carbocycles. The SMILES string of the molecule is CCCN(CC(O)COc1ccc(CN)cc1)C1CC1. The summed E-state index contributed by atoms with van der Waals surface area (Å²) < 4.78 is 5.63. The molecule has 0 radical (unpaired) electrons. The molecule has 0 saturated heterocycles. The molecule has 0 bridgehead atoms. The first-order valence-electron chi connectivity index (χ1n) is 7.56. The van der Waals surface area contributed by atoms with E-state index in [1.807, 2.05) is 24.3 Å². The zero-order chi connectivity index (χ0) is 14.4. The summed E-state index contributed by atoms with van der Waals surface area (Å²) in [6, 6.07) is 8.40. The fourth-order valence-corrected chi connectivity index (χ4v) is 2.39. The van der Waals surface area contributed by atoms with E-state index in [0.717, 1.165) is 24.3 Å². The molecule has 0 spiro atoms. The molecule has 2 rings (SSSR count). The summed E-state index contributed by atoms with van der Waals surface area (Å²) >= 11 is 0. The Balaban J connectivity index is 1.74. The minimum atomic E-state index is -0.434. The van der Waals surface area contributed by atoms with Crippen molar-refractivity contribution in [2.24, 2.45) is 5.73 Å². The Morgan fingerprint density at radius 1 is 1.35 bits per heavy atom. The minimum absolute atomic E-state index is 0.342. The molecular weight excluding hydrogens is 252 g/mol. The van der Waals surface area contributed by atoms with Crippen LogP contribution in [0, 0.1) is 0 Å². The van der Waals surface area contributed by atoms with Crippen molar-refractivity contribution in [2.45, 2.75) is 44.9 Å². The third kappa shape index (κ3) is 4.78. The van der Waals surface area contributed by atoms with Gasteiger partial charge in [0, 0.05) is 19.1 Å². The van der Waals surface area contributed by atoms with Crippen LogP contribution >= 0.6 is 0 Å². The molecule has 1 aliphatic rings. The van der Waals surface area contributed by atoms with Crippen LogP contribution < -0.4 is 10.5 Å². The first-order chi connectivity index (χ1) is 9.72. The highest BCUT2D eigenvalue weighted by Gasteiger charge is 2.29. The van der Waals surface area contributed by atoms with Crippen molar-refractivity contribution in [3.05, 3.63) is 29.8 Å². The molecule has 4 heteroatoms. The third-order valence-electron chi connectivity index (χ3n) is 3.62. The van der Waals surface area contributed by atoms with Gasteiger partial charge in [-0.1, -0.05) is 19.1 Å². The van der Waals surface area contributed by atoms with Crippen LogP contribution in [0.25, 0.3) is 0 Å². The maximum atomic E-state index is 10.1. The lowest BCUT2D eigenvalue weighted by Gasteiger charge is -2.24.